The molecule has 1 aliphatic rings. The van der Waals surface area contributed by atoms with Crippen LogP contribution in [0.2, 0.25) is 0 Å². The molecule has 0 bridgehead atoms. The summed E-state index contributed by atoms with van der Waals surface area (Å²) in [7, 11) is 0. The molecule has 0 aromatic carbocycles. The fourth-order valence-corrected chi connectivity index (χ4v) is 2.21. The molecule has 1 aromatic heterocycles. The van der Waals surface area contributed by atoms with Crippen LogP contribution < -0.4 is 4.90 Å². The number of aliphatic hydroxyl groups is 1. The first-order chi connectivity index (χ1) is 8.22. The summed E-state index contributed by atoms with van der Waals surface area (Å²) in [5, 5.41) is 9.45. The molecule has 4 heteroatoms. The van der Waals surface area contributed by atoms with Crippen LogP contribution in [0.25, 0.3) is 0 Å². The molecule has 0 radical (unpaired) electrons. The van der Waals surface area contributed by atoms with Crippen molar-refractivity contribution in [1.29, 1.82) is 0 Å². The summed E-state index contributed by atoms with van der Waals surface area (Å²) in [6.07, 6.45) is 9.67. The molecule has 1 aromatic rings. The van der Waals surface area contributed by atoms with Crippen molar-refractivity contribution >= 4 is 5.82 Å². The van der Waals surface area contributed by atoms with Crippen molar-refractivity contribution in [2.75, 3.05) is 4.90 Å². The second-order valence-electron chi connectivity index (χ2n) is 4.27. The fraction of sp³-hybridized carbons (Fsp3) is 0.462. The first kappa shape index (κ1) is 11.9. The highest BCUT2D eigenvalue weighted by atomic mass is 19.1. The highest BCUT2D eigenvalue weighted by molar-refractivity contribution is 5.47. The van der Waals surface area contributed by atoms with E-state index >= 15 is 0 Å². The van der Waals surface area contributed by atoms with E-state index in [1.807, 2.05) is 0 Å². The molecule has 0 spiro atoms. The summed E-state index contributed by atoms with van der Waals surface area (Å²) in [6, 6.07) is 5.45. The van der Waals surface area contributed by atoms with E-state index in [-0.39, 0.29) is 18.0 Å². The van der Waals surface area contributed by atoms with Gasteiger partial charge in [-0.15, -0.1) is 0 Å². The van der Waals surface area contributed by atoms with Crippen LogP contribution in [0.3, 0.4) is 0 Å². The molecule has 17 heavy (non-hydrogen) atoms. The van der Waals surface area contributed by atoms with Crippen molar-refractivity contribution in [3.8, 4) is 12.5 Å². The van der Waals surface area contributed by atoms with E-state index in [0.29, 0.717) is 12.8 Å². The molecule has 0 atom stereocenters. The van der Waals surface area contributed by atoms with Gasteiger partial charge in [0, 0.05) is 18.3 Å². The maximum atomic E-state index is 13.6. The van der Waals surface area contributed by atoms with Crippen LogP contribution in [0.1, 0.15) is 25.7 Å². The second kappa shape index (κ2) is 5.15. The molecule has 1 heterocycles. The maximum Gasteiger partial charge on any atom is 0.176 e. The van der Waals surface area contributed by atoms with Gasteiger partial charge in [0.1, 0.15) is 0 Å². The molecule has 3 nitrogen and oxygen atoms in total. The maximum absolute atomic E-state index is 13.6. The molecular formula is C13H15FN2O. The summed E-state index contributed by atoms with van der Waals surface area (Å²) in [4.78, 5) is 5.53. The molecule has 1 aliphatic carbocycles. The molecule has 0 aliphatic heterocycles. The van der Waals surface area contributed by atoms with E-state index in [1.54, 1.807) is 4.90 Å². The monoisotopic (exact) mass is 234 g/mol. The van der Waals surface area contributed by atoms with Gasteiger partial charge in [0.25, 0.3) is 0 Å². The molecule has 90 valence electrons. The van der Waals surface area contributed by atoms with Gasteiger partial charge in [0.05, 0.1) is 6.10 Å². The lowest BCUT2D eigenvalue weighted by molar-refractivity contribution is 0.123. The Balaban J connectivity index is 2.18. The third kappa shape index (κ3) is 2.56. The number of hydrogen-bond acceptors (Lipinski definition) is 3. The fourth-order valence-electron chi connectivity index (χ4n) is 2.21. The Hall–Kier alpha value is -1.60. The van der Waals surface area contributed by atoms with E-state index in [1.165, 1.54) is 18.3 Å². The zero-order valence-electron chi connectivity index (χ0n) is 9.51. The average Bonchev–Trinajstić information content (AvgIpc) is 2.35. The summed E-state index contributed by atoms with van der Waals surface area (Å²) in [6.45, 7) is 0. The Kier molecular flexibility index (Phi) is 3.60. The zero-order valence-corrected chi connectivity index (χ0v) is 9.51. The van der Waals surface area contributed by atoms with Crippen molar-refractivity contribution < 1.29 is 9.50 Å². The van der Waals surface area contributed by atoms with Crippen LogP contribution in [-0.4, -0.2) is 22.2 Å². The minimum Gasteiger partial charge on any atom is -0.393 e. The van der Waals surface area contributed by atoms with Gasteiger partial charge in [0.15, 0.2) is 11.6 Å². The van der Waals surface area contributed by atoms with Crippen molar-refractivity contribution in [3.05, 3.63) is 24.1 Å². The Morgan fingerprint density at radius 3 is 2.71 bits per heavy atom. The van der Waals surface area contributed by atoms with Crippen LogP contribution in [0, 0.1) is 18.3 Å². The average molecular weight is 234 g/mol. The number of aromatic nitrogens is 1. The Morgan fingerprint density at radius 1 is 1.41 bits per heavy atom. The van der Waals surface area contributed by atoms with Gasteiger partial charge in [0.2, 0.25) is 0 Å². The molecule has 1 saturated carbocycles. The lowest BCUT2D eigenvalue weighted by atomic mass is 9.92. The normalized spacial score (nSPS) is 24.1. The molecule has 0 amide bonds. The largest absolute Gasteiger partial charge is 0.393 e. The predicted molar refractivity (Wildman–Crippen MR) is 63.8 cm³/mol. The lowest BCUT2D eigenvalue weighted by Gasteiger charge is -2.32. The van der Waals surface area contributed by atoms with Gasteiger partial charge in [-0.2, -0.15) is 0 Å². The summed E-state index contributed by atoms with van der Waals surface area (Å²) >= 11 is 0. The van der Waals surface area contributed by atoms with Crippen molar-refractivity contribution in [1.82, 2.24) is 4.98 Å². The van der Waals surface area contributed by atoms with Crippen LogP contribution in [0.15, 0.2) is 18.3 Å². The lowest BCUT2D eigenvalue weighted by Crippen LogP contribution is -2.36. The SMILES string of the molecule is C#CN(c1ncccc1F)C1CCC(O)CC1. The van der Waals surface area contributed by atoms with Crippen LogP contribution in [0.4, 0.5) is 10.2 Å². The van der Waals surface area contributed by atoms with Crippen molar-refractivity contribution in [2.24, 2.45) is 0 Å². The number of anilines is 1. The molecule has 0 unspecified atom stereocenters. The highest BCUT2D eigenvalue weighted by Gasteiger charge is 2.26. The minimum absolute atomic E-state index is 0.0628. The van der Waals surface area contributed by atoms with E-state index in [4.69, 9.17) is 6.42 Å². The number of hydrogen-bond donors (Lipinski definition) is 1. The summed E-state index contributed by atoms with van der Waals surface area (Å²) in [5.41, 5.74) is 0. The van der Waals surface area contributed by atoms with E-state index < -0.39 is 5.82 Å². The second-order valence-corrected chi connectivity index (χ2v) is 4.27. The molecule has 1 N–H and O–H groups in total. The number of aliphatic hydroxyl groups excluding tert-OH is 1. The van der Waals surface area contributed by atoms with Crippen LogP contribution in [0.5, 0.6) is 0 Å². The topological polar surface area (TPSA) is 36.4 Å². The van der Waals surface area contributed by atoms with Gasteiger partial charge >= 0.3 is 0 Å². The van der Waals surface area contributed by atoms with Gasteiger partial charge in [-0.1, -0.05) is 6.42 Å². The zero-order chi connectivity index (χ0) is 12.3. The Morgan fingerprint density at radius 2 is 2.12 bits per heavy atom. The van der Waals surface area contributed by atoms with E-state index in [0.717, 1.165) is 12.8 Å². The molecular weight excluding hydrogens is 219 g/mol. The highest BCUT2D eigenvalue weighted by Crippen LogP contribution is 2.27. The summed E-state index contributed by atoms with van der Waals surface area (Å²) < 4.78 is 13.6. The molecule has 2 rings (SSSR count). The Labute approximate surface area is 100 Å². The minimum atomic E-state index is -0.406. The quantitative estimate of drug-likeness (QED) is 0.627. The third-order valence-corrected chi connectivity index (χ3v) is 3.14. The number of halogens is 1. The number of terminal acetylenes is 1. The molecule has 1 fully saturated rings. The van der Waals surface area contributed by atoms with Crippen molar-refractivity contribution in [3.63, 3.8) is 0 Å². The van der Waals surface area contributed by atoms with E-state index in [2.05, 4.69) is 11.0 Å². The van der Waals surface area contributed by atoms with Crippen LogP contribution >= 0.6 is 0 Å². The third-order valence-electron chi connectivity index (χ3n) is 3.14. The van der Waals surface area contributed by atoms with Gasteiger partial charge in [-0.05, 0) is 37.8 Å². The Bertz CT molecular complexity index is 422. The van der Waals surface area contributed by atoms with Gasteiger partial charge in [-0.25, -0.2) is 9.37 Å². The number of rotatable bonds is 2. The van der Waals surface area contributed by atoms with Crippen molar-refractivity contribution in [2.45, 2.75) is 37.8 Å². The molecule has 0 saturated heterocycles. The summed E-state index contributed by atoms with van der Waals surface area (Å²) in [5.74, 6) is -0.201. The van der Waals surface area contributed by atoms with E-state index in [9.17, 15) is 9.50 Å². The van der Waals surface area contributed by atoms with Crippen LogP contribution in [-0.2, 0) is 0 Å². The smallest absolute Gasteiger partial charge is 0.176 e. The predicted octanol–water partition coefficient (Wildman–Crippen LogP) is 1.92. The number of pyridine rings is 1. The van der Waals surface area contributed by atoms with Gasteiger partial charge in [-0.3, -0.25) is 4.90 Å². The number of nitrogens with zero attached hydrogens (tertiary/aromatic N) is 2. The first-order valence-electron chi connectivity index (χ1n) is 5.76. The first-order valence-corrected chi connectivity index (χ1v) is 5.76. The van der Waals surface area contributed by atoms with Gasteiger partial charge < -0.3 is 5.11 Å². The standard InChI is InChI=1S/C13H15FN2O/c1-2-16(10-5-7-11(17)8-6-10)13-12(14)4-3-9-15-13/h1,3-4,9-11,17H,5-8H2.